The normalized spacial score (nSPS) is 21.0. The second-order valence-corrected chi connectivity index (χ2v) is 6.12. The van der Waals surface area contributed by atoms with Crippen LogP contribution in [0.1, 0.15) is 38.2 Å². The number of ether oxygens (including phenoxy) is 1. The molecular weight excluding hydrogens is 341 g/mol. The van der Waals surface area contributed by atoms with E-state index in [0.29, 0.717) is 25.7 Å². The van der Waals surface area contributed by atoms with Gasteiger partial charge in [-0.05, 0) is 44.7 Å². The summed E-state index contributed by atoms with van der Waals surface area (Å²) in [6.07, 6.45) is -2.06. The number of benzene rings is 1. The van der Waals surface area contributed by atoms with Gasteiger partial charge < -0.3 is 10.1 Å². The smallest absolute Gasteiger partial charge is 0.382 e. The first-order valence-electron chi connectivity index (χ1n) is 7.90. The lowest BCUT2D eigenvalue weighted by Crippen LogP contribution is -2.30. The number of carbonyl (C=O) groups is 1. The summed E-state index contributed by atoms with van der Waals surface area (Å²) in [4.78, 5) is 20.6. The Bertz CT molecular complexity index is 641. The fourth-order valence-corrected chi connectivity index (χ4v) is 2.86. The summed E-state index contributed by atoms with van der Waals surface area (Å²) in [7, 11) is 0. The van der Waals surface area contributed by atoms with Gasteiger partial charge in [0.05, 0.1) is 11.0 Å². The highest BCUT2D eigenvalue weighted by atomic mass is 19.4. The van der Waals surface area contributed by atoms with Crippen LogP contribution in [0.25, 0.3) is 0 Å². The lowest BCUT2D eigenvalue weighted by molar-refractivity contribution is -0.388. The minimum absolute atomic E-state index is 0.0236. The predicted molar refractivity (Wildman–Crippen MR) is 84.4 cm³/mol. The zero-order valence-corrected chi connectivity index (χ0v) is 13.6. The zero-order valence-electron chi connectivity index (χ0n) is 13.6. The first-order valence-corrected chi connectivity index (χ1v) is 7.90. The van der Waals surface area contributed by atoms with E-state index in [9.17, 15) is 28.1 Å². The molecule has 1 aromatic carbocycles. The molecule has 0 spiro atoms. The van der Waals surface area contributed by atoms with Gasteiger partial charge in [0.25, 0.3) is 5.69 Å². The van der Waals surface area contributed by atoms with E-state index in [1.54, 1.807) is 0 Å². The monoisotopic (exact) mass is 360 g/mol. The molecule has 0 aliphatic heterocycles. The van der Waals surface area contributed by atoms with Gasteiger partial charge in [-0.1, -0.05) is 0 Å². The molecular formula is C16H19F3N2O4. The molecule has 0 saturated heterocycles. The number of rotatable bonds is 6. The zero-order chi connectivity index (χ0) is 18.6. The molecule has 9 heteroatoms. The van der Waals surface area contributed by atoms with Crippen molar-refractivity contribution >= 4 is 17.2 Å². The summed E-state index contributed by atoms with van der Waals surface area (Å²) < 4.78 is 44.4. The van der Waals surface area contributed by atoms with Gasteiger partial charge in [0.1, 0.15) is 12.2 Å². The molecule has 1 saturated carbocycles. The summed E-state index contributed by atoms with van der Waals surface area (Å²) in [6, 6.07) is 2.88. The van der Waals surface area contributed by atoms with Crippen molar-refractivity contribution in [1.29, 1.82) is 0 Å². The average Bonchev–Trinajstić information content (AvgIpc) is 2.53. The van der Waals surface area contributed by atoms with E-state index < -0.39 is 22.4 Å². The maximum Gasteiger partial charge on any atom is 0.423 e. The number of nitro benzene ring substituents is 1. The van der Waals surface area contributed by atoms with E-state index in [1.807, 2.05) is 0 Å². The number of Topliss-reactive ketones (excluding diaryl/α,β-unsaturated/α-hetero) is 1. The molecule has 0 atom stereocenters. The SMILES string of the molecule is CC(=O)COC1CCC(Nc2ccc([N+](=O)[O-])c(C(F)(F)F)c2)CC1. The van der Waals surface area contributed by atoms with Crippen molar-refractivity contribution in [3.05, 3.63) is 33.9 Å². The second-order valence-electron chi connectivity index (χ2n) is 6.12. The van der Waals surface area contributed by atoms with E-state index >= 15 is 0 Å². The number of ketones is 1. The van der Waals surface area contributed by atoms with E-state index in [1.165, 1.54) is 13.0 Å². The standard InChI is InChI=1S/C16H19F3N2O4/c1-10(22)9-25-13-5-2-11(3-6-13)20-12-4-7-15(21(23)24)14(8-12)16(17,18)19/h4,7-8,11,13,20H,2-3,5-6,9H2,1H3. The van der Waals surface area contributed by atoms with Crippen LogP contribution in [-0.2, 0) is 15.7 Å². The number of hydrogen-bond donors (Lipinski definition) is 1. The summed E-state index contributed by atoms with van der Waals surface area (Å²) in [5.74, 6) is -0.0502. The lowest BCUT2D eigenvalue weighted by atomic mass is 9.92. The molecule has 2 rings (SSSR count). The van der Waals surface area contributed by atoms with Gasteiger partial charge in [0.2, 0.25) is 0 Å². The molecule has 6 nitrogen and oxygen atoms in total. The van der Waals surface area contributed by atoms with Gasteiger partial charge in [-0.2, -0.15) is 13.2 Å². The number of nitro groups is 1. The Labute approximate surface area is 142 Å². The molecule has 25 heavy (non-hydrogen) atoms. The number of anilines is 1. The summed E-state index contributed by atoms with van der Waals surface area (Å²) >= 11 is 0. The van der Waals surface area contributed by atoms with Gasteiger partial charge in [-0.25, -0.2) is 0 Å². The summed E-state index contributed by atoms with van der Waals surface area (Å²) in [5, 5.41) is 13.8. The predicted octanol–water partition coefficient (Wildman–Crippen LogP) is 3.94. The van der Waals surface area contributed by atoms with Crippen LogP contribution in [0.2, 0.25) is 0 Å². The minimum atomic E-state index is -4.79. The number of alkyl halides is 3. The van der Waals surface area contributed by atoms with Crippen LogP contribution in [0.15, 0.2) is 18.2 Å². The van der Waals surface area contributed by atoms with Gasteiger partial charge in [0.15, 0.2) is 5.78 Å². The molecule has 0 aromatic heterocycles. The molecule has 0 radical (unpaired) electrons. The highest BCUT2D eigenvalue weighted by molar-refractivity contribution is 5.76. The highest BCUT2D eigenvalue weighted by Gasteiger charge is 2.38. The fourth-order valence-electron chi connectivity index (χ4n) is 2.86. The molecule has 1 aliphatic rings. The van der Waals surface area contributed by atoms with Crippen molar-refractivity contribution in [2.45, 2.75) is 50.9 Å². The van der Waals surface area contributed by atoms with Gasteiger partial charge in [-0.3, -0.25) is 14.9 Å². The molecule has 0 unspecified atom stereocenters. The Kier molecular flexibility index (Phi) is 5.99. The number of nitrogens with zero attached hydrogens (tertiary/aromatic N) is 1. The van der Waals surface area contributed by atoms with E-state index in [0.717, 1.165) is 12.1 Å². The van der Waals surface area contributed by atoms with Crippen molar-refractivity contribution in [2.24, 2.45) is 0 Å². The van der Waals surface area contributed by atoms with Gasteiger partial charge in [-0.15, -0.1) is 0 Å². The van der Waals surface area contributed by atoms with Crippen LogP contribution in [0, 0.1) is 10.1 Å². The highest BCUT2D eigenvalue weighted by Crippen LogP contribution is 2.38. The molecule has 1 aliphatic carbocycles. The molecule has 1 N–H and O–H groups in total. The second kappa shape index (κ2) is 7.81. The maximum atomic E-state index is 13.0. The molecule has 1 aromatic rings. The van der Waals surface area contributed by atoms with Crippen LogP contribution in [0.5, 0.6) is 0 Å². The van der Waals surface area contributed by atoms with Crippen LogP contribution in [0.4, 0.5) is 24.5 Å². The summed E-state index contributed by atoms with van der Waals surface area (Å²) in [6.45, 7) is 1.51. The molecule has 0 bridgehead atoms. The minimum Gasteiger partial charge on any atom is -0.382 e. The molecule has 1 fully saturated rings. The van der Waals surface area contributed by atoms with Crippen LogP contribution in [-0.4, -0.2) is 29.5 Å². The Balaban J connectivity index is 2.00. The quantitative estimate of drug-likeness (QED) is 0.614. The van der Waals surface area contributed by atoms with E-state index in [2.05, 4.69) is 5.32 Å². The Hall–Kier alpha value is -2.16. The number of halogens is 3. The van der Waals surface area contributed by atoms with E-state index in [4.69, 9.17) is 4.74 Å². The Morgan fingerprint density at radius 1 is 1.32 bits per heavy atom. The molecule has 138 valence electrons. The van der Waals surface area contributed by atoms with Crippen molar-refractivity contribution < 1.29 is 27.6 Å². The first kappa shape index (κ1) is 19.2. The topological polar surface area (TPSA) is 81.5 Å². The molecule has 0 amide bonds. The largest absolute Gasteiger partial charge is 0.423 e. The average molecular weight is 360 g/mol. The maximum absolute atomic E-state index is 13.0. The third-order valence-electron chi connectivity index (χ3n) is 4.07. The van der Waals surface area contributed by atoms with E-state index in [-0.39, 0.29) is 30.2 Å². The first-order chi connectivity index (χ1) is 11.7. The van der Waals surface area contributed by atoms with Crippen LogP contribution >= 0.6 is 0 Å². The van der Waals surface area contributed by atoms with Crippen molar-refractivity contribution in [2.75, 3.05) is 11.9 Å². The van der Waals surface area contributed by atoms with Gasteiger partial charge in [0, 0.05) is 17.8 Å². The van der Waals surface area contributed by atoms with Crippen LogP contribution in [0.3, 0.4) is 0 Å². The number of nitrogens with one attached hydrogen (secondary N) is 1. The van der Waals surface area contributed by atoms with Crippen molar-refractivity contribution in [1.82, 2.24) is 0 Å². The van der Waals surface area contributed by atoms with Crippen molar-refractivity contribution in [3.63, 3.8) is 0 Å². The lowest BCUT2D eigenvalue weighted by Gasteiger charge is -2.29. The Morgan fingerprint density at radius 2 is 1.96 bits per heavy atom. The number of carbonyl (C=O) groups excluding carboxylic acids is 1. The third-order valence-corrected chi connectivity index (χ3v) is 4.07. The Morgan fingerprint density at radius 3 is 2.48 bits per heavy atom. The van der Waals surface area contributed by atoms with Crippen LogP contribution < -0.4 is 5.32 Å². The van der Waals surface area contributed by atoms with Crippen molar-refractivity contribution in [3.8, 4) is 0 Å². The fraction of sp³-hybridized carbons (Fsp3) is 0.562. The third kappa shape index (κ3) is 5.42. The van der Waals surface area contributed by atoms with Gasteiger partial charge >= 0.3 is 6.18 Å². The molecule has 0 heterocycles. The summed E-state index contributed by atoms with van der Waals surface area (Å²) in [5.41, 5.74) is -2.02. The number of hydrogen-bond acceptors (Lipinski definition) is 5.